The zero-order valence-electron chi connectivity index (χ0n) is 20.0. The van der Waals surface area contributed by atoms with Crippen molar-refractivity contribution in [3.63, 3.8) is 0 Å². The molecule has 0 aliphatic carbocycles. The van der Waals surface area contributed by atoms with E-state index in [1.807, 2.05) is 69.3 Å². The van der Waals surface area contributed by atoms with Crippen LogP contribution in [0.2, 0.25) is 5.02 Å². The fourth-order valence-electron chi connectivity index (χ4n) is 3.38. The van der Waals surface area contributed by atoms with Crippen LogP contribution in [0.1, 0.15) is 52.0 Å². The minimum absolute atomic E-state index is 0.00586. The van der Waals surface area contributed by atoms with Crippen molar-refractivity contribution in [3.05, 3.63) is 59.1 Å². The van der Waals surface area contributed by atoms with Gasteiger partial charge in [-0.05, 0) is 73.9 Å². The molecule has 0 aliphatic rings. The number of nitrogens with zero attached hydrogens (tertiary/aromatic N) is 1. The van der Waals surface area contributed by atoms with Gasteiger partial charge in [-0.25, -0.2) is 0 Å². The van der Waals surface area contributed by atoms with Crippen molar-refractivity contribution in [2.24, 2.45) is 0 Å². The zero-order chi connectivity index (χ0) is 24.2. The summed E-state index contributed by atoms with van der Waals surface area (Å²) < 4.78 is 5.24. The van der Waals surface area contributed by atoms with Crippen LogP contribution in [0, 0.1) is 0 Å². The second-order valence-electron chi connectivity index (χ2n) is 8.02. The van der Waals surface area contributed by atoms with Crippen molar-refractivity contribution in [2.45, 2.75) is 70.0 Å². The fraction of sp³-hybridized carbons (Fsp3) is 0.462. The standard InChI is InChI=1S/C26H35ClN2O3S/c1-5-19(3)28-26(31)24(6-2)29(18-20-9-13-22(32-4)14-10-20)25(30)8-7-17-33-23-15-11-21(27)12-16-23/h9-16,19,24H,5-8,17-18H2,1-4H3,(H,28,31)/t19-,24+/m1/s1. The number of halogens is 1. The monoisotopic (exact) mass is 490 g/mol. The Labute approximate surface area is 207 Å². The molecule has 7 heteroatoms. The molecular formula is C26H35ClN2O3S. The molecule has 0 bridgehead atoms. The van der Waals surface area contributed by atoms with Crippen LogP contribution >= 0.6 is 23.4 Å². The van der Waals surface area contributed by atoms with Gasteiger partial charge < -0.3 is 15.0 Å². The van der Waals surface area contributed by atoms with Gasteiger partial charge in [0.2, 0.25) is 11.8 Å². The summed E-state index contributed by atoms with van der Waals surface area (Å²) in [6.45, 7) is 6.35. The first-order valence-corrected chi connectivity index (χ1v) is 12.8. The molecule has 2 aromatic carbocycles. The highest BCUT2D eigenvalue weighted by Gasteiger charge is 2.28. The molecule has 0 radical (unpaired) electrons. The highest BCUT2D eigenvalue weighted by Crippen LogP contribution is 2.22. The van der Waals surface area contributed by atoms with Gasteiger partial charge in [0.05, 0.1) is 7.11 Å². The van der Waals surface area contributed by atoms with E-state index in [2.05, 4.69) is 5.32 Å². The largest absolute Gasteiger partial charge is 0.497 e. The van der Waals surface area contributed by atoms with Gasteiger partial charge in [0, 0.05) is 28.9 Å². The number of ether oxygens (including phenoxy) is 1. The molecule has 0 aromatic heterocycles. The summed E-state index contributed by atoms with van der Waals surface area (Å²) in [5.74, 6) is 1.48. The van der Waals surface area contributed by atoms with Crippen molar-refractivity contribution < 1.29 is 14.3 Å². The molecule has 2 aromatic rings. The van der Waals surface area contributed by atoms with Gasteiger partial charge in [-0.1, -0.05) is 37.6 Å². The van der Waals surface area contributed by atoms with Crippen molar-refractivity contribution in [1.29, 1.82) is 0 Å². The highest BCUT2D eigenvalue weighted by molar-refractivity contribution is 7.99. The van der Waals surface area contributed by atoms with E-state index < -0.39 is 6.04 Å². The Kier molecular flexibility index (Phi) is 11.6. The third kappa shape index (κ3) is 8.94. The third-order valence-electron chi connectivity index (χ3n) is 5.52. The Morgan fingerprint density at radius 2 is 1.73 bits per heavy atom. The third-order valence-corrected chi connectivity index (χ3v) is 6.87. The number of methoxy groups -OCH3 is 1. The highest BCUT2D eigenvalue weighted by atomic mass is 35.5. The lowest BCUT2D eigenvalue weighted by Gasteiger charge is -2.31. The first-order valence-electron chi connectivity index (χ1n) is 11.5. The maximum absolute atomic E-state index is 13.3. The summed E-state index contributed by atoms with van der Waals surface area (Å²) in [5, 5.41) is 3.76. The van der Waals surface area contributed by atoms with E-state index in [-0.39, 0.29) is 17.9 Å². The summed E-state index contributed by atoms with van der Waals surface area (Å²) in [6.07, 6.45) is 2.53. The number of rotatable bonds is 13. The normalized spacial score (nSPS) is 12.6. The average molecular weight is 491 g/mol. The van der Waals surface area contributed by atoms with Crippen LogP contribution in [-0.2, 0) is 16.1 Å². The van der Waals surface area contributed by atoms with Crippen LogP contribution in [0.25, 0.3) is 0 Å². The number of carbonyl (C=O) groups excluding carboxylic acids is 2. The second kappa shape index (κ2) is 14.2. The van der Waals surface area contributed by atoms with Crippen molar-refractivity contribution in [3.8, 4) is 5.75 Å². The van der Waals surface area contributed by atoms with E-state index in [9.17, 15) is 9.59 Å². The molecule has 0 saturated carbocycles. The molecule has 1 N–H and O–H groups in total. The number of hydrogen-bond acceptors (Lipinski definition) is 4. The van der Waals surface area contributed by atoms with E-state index in [1.165, 1.54) is 0 Å². The number of carbonyl (C=O) groups is 2. The Bertz CT molecular complexity index is 874. The molecule has 0 spiro atoms. The van der Waals surface area contributed by atoms with E-state index in [4.69, 9.17) is 16.3 Å². The summed E-state index contributed by atoms with van der Waals surface area (Å²) >= 11 is 7.64. The van der Waals surface area contributed by atoms with E-state index >= 15 is 0 Å². The van der Waals surface area contributed by atoms with E-state index in [1.54, 1.807) is 23.8 Å². The first-order chi connectivity index (χ1) is 15.9. The lowest BCUT2D eigenvalue weighted by Crippen LogP contribution is -2.50. The van der Waals surface area contributed by atoms with Crippen molar-refractivity contribution >= 4 is 35.2 Å². The van der Waals surface area contributed by atoms with Gasteiger partial charge in [-0.15, -0.1) is 11.8 Å². The van der Waals surface area contributed by atoms with Gasteiger partial charge in [-0.3, -0.25) is 9.59 Å². The molecule has 5 nitrogen and oxygen atoms in total. The van der Waals surface area contributed by atoms with E-state index in [0.29, 0.717) is 24.4 Å². The Balaban J connectivity index is 2.07. The fourth-order valence-corrected chi connectivity index (χ4v) is 4.35. The molecule has 180 valence electrons. The quantitative estimate of drug-likeness (QED) is 0.278. The maximum atomic E-state index is 13.3. The van der Waals surface area contributed by atoms with Gasteiger partial charge in [0.25, 0.3) is 0 Å². The predicted molar refractivity (Wildman–Crippen MR) is 137 cm³/mol. The molecule has 0 heterocycles. The number of nitrogens with one attached hydrogen (secondary N) is 1. The molecule has 2 rings (SSSR count). The van der Waals surface area contributed by atoms with Gasteiger partial charge in [0.15, 0.2) is 0 Å². The average Bonchev–Trinajstić information content (AvgIpc) is 2.82. The Morgan fingerprint density at radius 3 is 2.30 bits per heavy atom. The Morgan fingerprint density at radius 1 is 1.06 bits per heavy atom. The van der Waals surface area contributed by atoms with Crippen LogP contribution in [-0.4, -0.2) is 41.7 Å². The minimum atomic E-state index is -0.502. The first kappa shape index (κ1) is 27.1. The molecule has 2 amide bonds. The topological polar surface area (TPSA) is 58.6 Å². The summed E-state index contributed by atoms with van der Waals surface area (Å²) in [5.41, 5.74) is 0.967. The minimum Gasteiger partial charge on any atom is -0.497 e. The molecule has 33 heavy (non-hydrogen) atoms. The molecule has 2 atom stereocenters. The lowest BCUT2D eigenvalue weighted by molar-refractivity contribution is -0.141. The van der Waals surface area contributed by atoms with Gasteiger partial charge in [-0.2, -0.15) is 0 Å². The molecule has 0 unspecified atom stereocenters. The molecular weight excluding hydrogens is 456 g/mol. The van der Waals surface area contributed by atoms with Crippen LogP contribution in [0.15, 0.2) is 53.4 Å². The second-order valence-corrected chi connectivity index (χ2v) is 9.62. The van der Waals surface area contributed by atoms with Crippen molar-refractivity contribution in [1.82, 2.24) is 10.2 Å². The molecule has 0 fully saturated rings. The number of thioether (sulfide) groups is 1. The van der Waals surface area contributed by atoms with E-state index in [0.717, 1.165) is 34.8 Å². The molecule has 0 saturated heterocycles. The van der Waals surface area contributed by atoms with Crippen LogP contribution in [0.5, 0.6) is 5.75 Å². The number of amides is 2. The lowest BCUT2D eigenvalue weighted by atomic mass is 10.1. The maximum Gasteiger partial charge on any atom is 0.243 e. The summed E-state index contributed by atoms with van der Waals surface area (Å²) in [7, 11) is 1.62. The SMILES string of the molecule is CC[C@@H](C)NC(=O)[C@H](CC)N(Cc1ccc(OC)cc1)C(=O)CCCSc1ccc(Cl)cc1. The summed E-state index contributed by atoms with van der Waals surface area (Å²) in [4.78, 5) is 29.1. The van der Waals surface area contributed by atoms with Gasteiger partial charge in [0.1, 0.15) is 11.8 Å². The number of benzene rings is 2. The van der Waals surface area contributed by atoms with Crippen LogP contribution < -0.4 is 10.1 Å². The summed E-state index contributed by atoms with van der Waals surface area (Å²) in [6, 6.07) is 14.9. The zero-order valence-corrected chi connectivity index (χ0v) is 21.5. The van der Waals surface area contributed by atoms with Gasteiger partial charge >= 0.3 is 0 Å². The van der Waals surface area contributed by atoms with Crippen LogP contribution in [0.3, 0.4) is 0 Å². The Hall–Kier alpha value is -2.18. The predicted octanol–water partition coefficient (Wildman–Crippen LogP) is 5.94. The smallest absolute Gasteiger partial charge is 0.243 e. The van der Waals surface area contributed by atoms with Crippen molar-refractivity contribution in [2.75, 3.05) is 12.9 Å². The molecule has 0 aliphatic heterocycles. The number of hydrogen-bond donors (Lipinski definition) is 1. The van der Waals surface area contributed by atoms with Crippen LogP contribution in [0.4, 0.5) is 0 Å².